The van der Waals surface area contributed by atoms with Gasteiger partial charge in [0.05, 0.1) is 27.2 Å². The van der Waals surface area contributed by atoms with E-state index in [4.69, 9.17) is 5.73 Å². The fourth-order valence-electron chi connectivity index (χ4n) is 3.74. The monoisotopic (exact) mass is 445 g/mol. The fraction of sp³-hybridized carbons (Fsp3) is 0.0870. The summed E-state index contributed by atoms with van der Waals surface area (Å²) in [4.78, 5) is 13.7. The van der Waals surface area contributed by atoms with E-state index in [1.807, 2.05) is 37.3 Å². The number of nitrogen functional groups attached to an aromatic ring is 1. The van der Waals surface area contributed by atoms with Crippen LogP contribution >= 0.6 is 0 Å². The van der Waals surface area contributed by atoms with Gasteiger partial charge in [-0.3, -0.25) is 9.36 Å². The molecule has 0 saturated carbocycles. The van der Waals surface area contributed by atoms with Crippen molar-refractivity contribution in [1.82, 2.24) is 19.2 Å². The van der Waals surface area contributed by atoms with Crippen LogP contribution < -0.4 is 11.3 Å². The first-order valence-electron chi connectivity index (χ1n) is 9.89. The highest BCUT2D eigenvalue weighted by Crippen LogP contribution is 2.25. The standard InChI is InChI=1S/C23H19N5O3S/c1-15-7-9-17(10-8-15)32(30,31)18-11-12-20-19(13-18)21(29)27(14-16-5-3-2-4-6-16)23-26-25-22(24)28(20)23/h2-13H,14H2,1H3,(H2,24,25). The molecule has 9 heteroatoms. The number of nitrogens with two attached hydrogens (primary N) is 1. The molecule has 2 N–H and O–H groups in total. The van der Waals surface area contributed by atoms with Crippen LogP contribution in [0.3, 0.4) is 0 Å². The molecule has 0 spiro atoms. The molecule has 0 aliphatic rings. The summed E-state index contributed by atoms with van der Waals surface area (Å²) >= 11 is 0. The van der Waals surface area contributed by atoms with Crippen LogP contribution in [0.5, 0.6) is 0 Å². The minimum Gasteiger partial charge on any atom is -0.368 e. The molecule has 0 atom stereocenters. The van der Waals surface area contributed by atoms with Crippen LogP contribution in [0.1, 0.15) is 11.1 Å². The first kappa shape index (κ1) is 20.0. The minimum atomic E-state index is -3.81. The second kappa shape index (κ2) is 7.31. The van der Waals surface area contributed by atoms with E-state index in [0.29, 0.717) is 5.52 Å². The third kappa shape index (κ3) is 3.14. The van der Waals surface area contributed by atoms with Crippen LogP contribution in [0, 0.1) is 6.92 Å². The maximum atomic E-state index is 13.5. The highest BCUT2D eigenvalue weighted by atomic mass is 32.2. The maximum absolute atomic E-state index is 13.5. The van der Waals surface area contributed by atoms with Crippen LogP contribution in [0.15, 0.2) is 87.4 Å². The summed E-state index contributed by atoms with van der Waals surface area (Å²) in [7, 11) is -3.81. The van der Waals surface area contributed by atoms with Gasteiger partial charge in [-0.05, 0) is 42.8 Å². The smallest absolute Gasteiger partial charge is 0.263 e. The lowest BCUT2D eigenvalue weighted by molar-refractivity contribution is 0.596. The Hall–Kier alpha value is -3.98. The SMILES string of the molecule is Cc1ccc(S(=O)(=O)c2ccc3c(c2)c(=O)n(Cc2ccccc2)c2nnc(N)n32)cc1. The lowest BCUT2D eigenvalue weighted by Crippen LogP contribution is -2.24. The number of aromatic nitrogens is 4. The van der Waals surface area contributed by atoms with Crippen LogP contribution in [-0.4, -0.2) is 27.6 Å². The van der Waals surface area contributed by atoms with Crippen molar-refractivity contribution in [1.29, 1.82) is 0 Å². The molecule has 0 fully saturated rings. The van der Waals surface area contributed by atoms with Crippen LogP contribution in [0.4, 0.5) is 5.95 Å². The predicted octanol–water partition coefficient (Wildman–Crippen LogP) is 2.82. The van der Waals surface area contributed by atoms with E-state index in [1.54, 1.807) is 34.7 Å². The average Bonchev–Trinajstić information content (AvgIpc) is 3.18. The van der Waals surface area contributed by atoms with E-state index >= 15 is 0 Å². The lowest BCUT2D eigenvalue weighted by atomic mass is 10.2. The fourth-order valence-corrected chi connectivity index (χ4v) is 5.03. The summed E-state index contributed by atoms with van der Waals surface area (Å²) in [6.45, 7) is 2.13. The number of fused-ring (bicyclic) bond motifs is 3. The van der Waals surface area contributed by atoms with Crippen molar-refractivity contribution in [3.63, 3.8) is 0 Å². The van der Waals surface area contributed by atoms with Gasteiger partial charge in [-0.1, -0.05) is 48.0 Å². The second-order valence-corrected chi connectivity index (χ2v) is 9.52. The number of rotatable bonds is 4. The van der Waals surface area contributed by atoms with E-state index < -0.39 is 9.84 Å². The number of sulfone groups is 1. The van der Waals surface area contributed by atoms with Crippen LogP contribution in [0.25, 0.3) is 16.7 Å². The van der Waals surface area contributed by atoms with Crippen LogP contribution in [0.2, 0.25) is 0 Å². The Labute approximate surface area is 183 Å². The van der Waals surface area contributed by atoms with Crippen molar-refractivity contribution in [3.8, 4) is 0 Å². The summed E-state index contributed by atoms with van der Waals surface area (Å²) in [6, 6.07) is 20.5. The van der Waals surface area contributed by atoms with Gasteiger partial charge >= 0.3 is 0 Å². The summed E-state index contributed by atoms with van der Waals surface area (Å²) < 4.78 is 29.4. The number of anilines is 1. The third-order valence-corrected chi connectivity index (χ3v) is 7.19. The van der Waals surface area contributed by atoms with E-state index in [1.165, 1.54) is 16.7 Å². The first-order valence-corrected chi connectivity index (χ1v) is 11.4. The van der Waals surface area contributed by atoms with Crippen molar-refractivity contribution in [2.75, 3.05) is 5.73 Å². The van der Waals surface area contributed by atoms with Gasteiger partial charge in [0.1, 0.15) is 0 Å². The molecule has 0 unspecified atom stereocenters. The molecule has 0 aliphatic heterocycles. The zero-order valence-electron chi connectivity index (χ0n) is 17.1. The largest absolute Gasteiger partial charge is 0.368 e. The van der Waals surface area contributed by atoms with Gasteiger partial charge in [-0.2, -0.15) is 0 Å². The molecule has 32 heavy (non-hydrogen) atoms. The third-order valence-electron chi connectivity index (χ3n) is 5.42. The van der Waals surface area contributed by atoms with Gasteiger partial charge in [-0.25, -0.2) is 12.8 Å². The van der Waals surface area contributed by atoms with Crippen molar-refractivity contribution >= 4 is 32.5 Å². The van der Waals surface area contributed by atoms with Crippen molar-refractivity contribution in [2.45, 2.75) is 23.3 Å². The molecular formula is C23H19N5O3S. The zero-order chi connectivity index (χ0) is 22.5. The van der Waals surface area contributed by atoms with Crippen molar-refractivity contribution in [2.24, 2.45) is 0 Å². The minimum absolute atomic E-state index is 0.0308. The molecular weight excluding hydrogens is 426 g/mol. The Kier molecular flexibility index (Phi) is 4.56. The first-order chi connectivity index (χ1) is 15.4. The van der Waals surface area contributed by atoms with Gasteiger partial charge in [0, 0.05) is 0 Å². The Morgan fingerprint density at radius 1 is 0.906 bits per heavy atom. The normalized spacial score (nSPS) is 11.9. The average molecular weight is 446 g/mol. The number of hydrogen-bond acceptors (Lipinski definition) is 6. The molecule has 5 rings (SSSR count). The van der Waals surface area contributed by atoms with Gasteiger partial charge < -0.3 is 5.73 Å². The molecule has 2 aromatic heterocycles. The Morgan fingerprint density at radius 2 is 1.59 bits per heavy atom. The molecule has 0 saturated heterocycles. The van der Waals surface area contributed by atoms with E-state index in [9.17, 15) is 13.2 Å². The molecule has 0 aliphatic carbocycles. The van der Waals surface area contributed by atoms with Crippen molar-refractivity contribution in [3.05, 3.63) is 94.3 Å². The number of aryl methyl sites for hydroxylation is 1. The van der Waals surface area contributed by atoms with Gasteiger partial charge in [0.15, 0.2) is 0 Å². The lowest BCUT2D eigenvalue weighted by Gasteiger charge is -2.12. The van der Waals surface area contributed by atoms with E-state index in [0.717, 1.165) is 11.1 Å². The summed E-state index contributed by atoms with van der Waals surface area (Å²) in [5.41, 5.74) is 7.96. The molecule has 0 amide bonds. The molecule has 8 nitrogen and oxygen atoms in total. The maximum Gasteiger partial charge on any atom is 0.263 e. The molecule has 3 aromatic carbocycles. The number of nitrogens with zero attached hydrogens (tertiary/aromatic N) is 4. The highest BCUT2D eigenvalue weighted by molar-refractivity contribution is 7.91. The molecule has 160 valence electrons. The highest BCUT2D eigenvalue weighted by Gasteiger charge is 2.21. The topological polar surface area (TPSA) is 112 Å². The van der Waals surface area contributed by atoms with E-state index in [2.05, 4.69) is 10.2 Å². The Balaban J connectivity index is 1.76. The summed E-state index contributed by atoms with van der Waals surface area (Å²) in [5, 5.41) is 8.23. The summed E-state index contributed by atoms with van der Waals surface area (Å²) in [6.07, 6.45) is 0. The van der Waals surface area contributed by atoms with Crippen molar-refractivity contribution < 1.29 is 8.42 Å². The molecule has 2 heterocycles. The van der Waals surface area contributed by atoms with Crippen LogP contribution in [-0.2, 0) is 16.4 Å². The Morgan fingerprint density at radius 3 is 2.31 bits per heavy atom. The number of benzene rings is 3. The van der Waals surface area contributed by atoms with Gasteiger partial charge in [0.25, 0.3) is 5.56 Å². The Bertz CT molecular complexity index is 1640. The number of hydrogen-bond donors (Lipinski definition) is 1. The predicted molar refractivity (Wildman–Crippen MR) is 121 cm³/mol. The van der Waals surface area contributed by atoms with Gasteiger partial charge in [-0.15, -0.1) is 10.2 Å². The molecule has 0 bridgehead atoms. The van der Waals surface area contributed by atoms with Gasteiger partial charge in [0.2, 0.25) is 21.6 Å². The molecule has 5 aromatic rings. The zero-order valence-corrected chi connectivity index (χ0v) is 18.0. The van der Waals surface area contributed by atoms with E-state index in [-0.39, 0.29) is 39.0 Å². The second-order valence-electron chi connectivity index (χ2n) is 7.57. The molecule has 0 radical (unpaired) electrons. The quantitative estimate of drug-likeness (QED) is 0.455. The summed E-state index contributed by atoms with van der Waals surface area (Å²) in [5.74, 6) is 0.402.